The molecule has 0 radical (unpaired) electrons. The zero-order chi connectivity index (χ0) is 27.1. The van der Waals surface area contributed by atoms with Crippen molar-refractivity contribution < 1.29 is 14.7 Å². The lowest BCUT2D eigenvalue weighted by Gasteiger charge is -2.26. The number of benzene rings is 3. The average molecular weight is 569 g/mol. The molecule has 6 nitrogen and oxygen atoms in total. The van der Waals surface area contributed by atoms with E-state index >= 15 is 0 Å². The van der Waals surface area contributed by atoms with Crippen LogP contribution in [0.3, 0.4) is 0 Å². The average Bonchev–Trinajstić information content (AvgIpc) is 3.41. The van der Waals surface area contributed by atoms with E-state index in [9.17, 15) is 9.59 Å². The molecule has 1 amide bonds. The normalized spacial score (nSPS) is 11.7. The highest BCUT2D eigenvalue weighted by Gasteiger charge is 2.18. The van der Waals surface area contributed by atoms with Crippen LogP contribution >= 0.6 is 34.5 Å². The largest absolute Gasteiger partial charge is 0.481 e. The second kappa shape index (κ2) is 12.9. The number of hydrogen-bond donors (Lipinski definition) is 2. The minimum Gasteiger partial charge on any atom is -0.481 e. The number of hydrogen-bond acceptors (Lipinski definition) is 5. The zero-order valence-corrected chi connectivity index (χ0v) is 23.1. The Morgan fingerprint density at radius 2 is 1.76 bits per heavy atom. The molecule has 1 atom stereocenters. The number of thiazole rings is 1. The third kappa shape index (κ3) is 7.34. The van der Waals surface area contributed by atoms with Crippen molar-refractivity contribution >= 4 is 51.5 Å². The summed E-state index contributed by atoms with van der Waals surface area (Å²) in [6.07, 6.45) is -0.115. The molecule has 0 saturated carbocycles. The van der Waals surface area contributed by atoms with Crippen LogP contribution in [0.5, 0.6) is 0 Å². The van der Waals surface area contributed by atoms with E-state index in [1.807, 2.05) is 47.8 Å². The Balaban J connectivity index is 1.54. The van der Waals surface area contributed by atoms with Gasteiger partial charge < -0.3 is 15.3 Å². The number of halogens is 2. The first-order valence-corrected chi connectivity index (χ1v) is 13.7. The number of carbonyl (C=O) groups is 2. The summed E-state index contributed by atoms with van der Waals surface area (Å²) in [7, 11) is 0. The van der Waals surface area contributed by atoms with Crippen LogP contribution in [-0.2, 0) is 11.3 Å². The molecular weight excluding hydrogens is 541 g/mol. The Morgan fingerprint density at radius 1 is 1.03 bits per heavy atom. The van der Waals surface area contributed by atoms with E-state index in [1.54, 1.807) is 29.5 Å². The van der Waals surface area contributed by atoms with Crippen LogP contribution in [0, 0.1) is 0 Å². The van der Waals surface area contributed by atoms with Gasteiger partial charge in [-0.1, -0.05) is 78.7 Å². The molecule has 0 aliphatic heterocycles. The van der Waals surface area contributed by atoms with Gasteiger partial charge in [0.25, 0.3) is 5.91 Å². The summed E-state index contributed by atoms with van der Waals surface area (Å²) in [5.74, 6) is -0.985. The summed E-state index contributed by atoms with van der Waals surface area (Å²) in [4.78, 5) is 30.2. The summed E-state index contributed by atoms with van der Waals surface area (Å²) in [5, 5.41) is 15.3. The fourth-order valence-corrected chi connectivity index (χ4v) is 5.14. The molecule has 4 rings (SSSR count). The van der Waals surface area contributed by atoms with Gasteiger partial charge in [0.15, 0.2) is 5.13 Å². The van der Waals surface area contributed by atoms with Gasteiger partial charge in [0, 0.05) is 36.1 Å². The van der Waals surface area contributed by atoms with Gasteiger partial charge in [-0.15, -0.1) is 11.3 Å². The number of carbonyl (C=O) groups excluding carboxylic acids is 1. The number of anilines is 1. The van der Waals surface area contributed by atoms with Crippen molar-refractivity contribution in [1.82, 2.24) is 10.3 Å². The van der Waals surface area contributed by atoms with Gasteiger partial charge in [0.2, 0.25) is 0 Å². The molecule has 0 fully saturated rings. The van der Waals surface area contributed by atoms with Crippen molar-refractivity contribution in [2.45, 2.75) is 25.8 Å². The first-order chi connectivity index (χ1) is 18.3. The van der Waals surface area contributed by atoms with Crippen molar-refractivity contribution in [3.8, 4) is 11.3 Å². The number of aliphatic carboxylic acids is 1. The Hall–Kier alpha value is -3.39. The Morgan fingerprint density at radius 3 is 2.45 bits per heavy atom. The van der Waals surface area contributed by atoms with Crippen molar-refractivity contribution in [2.75, 3.05) is 18.0 Å². The van der Waals surface area contributed by atoms with E-state index in [0.29, 0.717) is 22.2 Å². The topological polar surface area (TPSA) is 82.5 Å². The summed E-state index contributed by atoms with van der Waals surface area (Å²) >= 11 is 13.9. The lowest BCUT2D eigenvalue weighted by Crippen LogP contribution is -2.27. The van der Waals surface area contributed by atoms with Gasteiger partial charge in [-0.2, -0.15) is 0 Å². The Labute approximate surface area is 235 Å². The number of amides is 1. The first-order valence-electron chi connectivity index (χ1n) is 12.1. The highest BCUT2D eigenvalue weighted by molar-refractivity contribution is 7.14. The van der Waals surface area contributed by atoms with Crippen LogP contribution in [0.25, 0.3) is 11.3 Å². The Bertz CT molecular complexity index is 1390. The molecule has 196 valence electrons. The molecule has 3 aromatic carbocycles. The van der Waals surface area contributed by atoms with E-state index in [2.05, 4.69) is 29.3 Å². The fraction of sp³-hybridized carbons (Fsp3) is 0.207. The number of nitrogens with zero attached hydrogens (tertiary/aromatic N) is 2. The molecule has 2 N–H and O–H groups in total. The molecule has 0 bridgehead atoms. The van der Waals surface area contributed by atoms with E-state index < -0.39 is 5.97 Å². The SMILES string of the molecule is CC(CN(Cc1ccc(C(=O)NCCC(=O)O)cc1)c1nc(-c2ccc(Cl)c(Cl)c2)cs1)c1ccccc1. The number of nitrogens with one attached hydrogen (secondary N) is 1. The molecule has 0 aliphatic rings. The van der Waals surface area contributed by atoms with E-state index in [1.165, 1.54) is 5.56 Å². The number of carboxylic acid groups (broad SMARTS) is 1. The van der Waals surface area contributed by atoms with Crippen LogP contribution in [-0.4, -0.2) is 35.1 Å². The minimum absolute atomic E-state index is 0.0896. The van der Waals surface area contributed by atoms with Gasteiger partial charge in [0.1, 0.15) is 0 Å². The molecule has 1 aromatic heterocycles. The van der Waals surface area contributed by atoms with Crippen molar-refractivity contribution in [3.05, 3.63) is 105 Å². The maximum atomic E-state index is 12.3. The van der Waals surface area contributed by atoms with E-state index in [-0.39, 0.29) is 24.8 Å². The standard InChI is InChI=1S/C29H27Cl2N3O3S/c1-19(21-5-3-2-4-6-21)16-34(29-33-26(18-38-29)23-11-12-24(30)25(31)15-23)17-20-7-9-22(10-8-20)28(37)32-14-13-27(35)36/h2-12,15,18-19H,13-14,16-17H2,1H3,(H,32,37)(H,35,36). The van der Waals surface area contributed by atoms with Crippen molar-refractivity contribution in [1.29, 1.82) is 0 Å². The van der Waals surface area contributed by atoms with Gasteiger partial charge in [-0.05, 0) is 41.3 Å². The van der Waals surface area contributed by atoms with Gasteiger partial charge in [-0.3, -0.25) is 9.59 Å². The summed E-state index contributed by atoms with van der Waals surface area (Å²) < 4.78 is 0. The smallest absolute Gasteiger partial charge is 0.305 e. The first kappa shape index (κ1) is 27.6. The fourth-order valence-electron chi connectivity index (χ4n) is 3.99. The zero-order valence-electron chi connectivity index (χ0n) is 20.7. The predicted molar refractivity (Wildman–Crippen MR) is 155 cm³/mol. The molecule has 1 heterocycles. The molecule has 0 saturated heterocycles. The quantitative estimate of drug-likeness (QED) is 0.201. The lowest BCUT2D eigenvalue weighted by atomic mass is 10.0. The second-order valence-electron chi connectivity index (χ2n) is 8.93. The molecular formula is C29H27Cl2N3O3S. The van der Waals surface area contributed by atoms with Gasteiger partial charge >= 0.3 is 5.97 Å². The highest BCUT2D eigenvalue weighted by Crippen LogP contribution is 2.33. The third-order valence-corrected chi connectivity index (χ3v) is 7.70. The van der Waals surface area contributed by atoms with E-state index in [4.69, 9.17) is 33.3 Å². The minimum atomic E-state index is -0.949. The molecule has 9 heteroatoms. The van der Waals surface area contributed by atoms with E-state index in [0.717, 1.165) is 28.5 Å². The third-order valence-electron chi connectivity index (χ3n) is 6.05. The van der Waals surface area contributed by atoms with Crippen molar-refractivity contribution in [2.24, 2.45) is 0 Å². The van der Waals surface area contributed by atoms with Crippen LogP contribution in [0.15, 0.2) is 78.2 Å². The summed E-state index contributed by atoms with van der Waals surface area (Å²) in [5.41, 5.74) is 4.48. The van der Waals surface area contributed by atoms with Crippen LogP contribution in [0.1, 0.15) is 40.7 Å². The van der Waals surface area contributed by atoms with Crippen molar-refractivity contribution in [3.63, 3.8) is 0 Å². The molecule has 0 spiro atoms. The van der Waals surface area contributed by atoms with Crippen LogP contribution in [0.2, 0.25) is 10.0 Å². The number of carboxylic acids is 1. The molecule has 1 unspecified atom stereocenters. The Kier molecular flexibility index (Phi) is 9.39. The predicted octanol–water partition coefficient (Wildman–Crippen LogP) is 7.13. The summed E-state index contributed by atoms with van der Waals surface area (Å²) in [6, 6.07) is 23.2. The molecule has 0 aliphatic carbocycles. The second-order valence-corrected chi connectivity index (χ2v) is 10.6. The lowest BCUT2D eigenvalue weighted by molar-refractivity contribution is -0.136. The molecule has 38 heavy (non-hydrogen) atoms. The van der Waals surface area contributed by atoms with Gasteiger partial charge in [-0.25, -0.2) is 4.98 Å². The molecule has 4 aromatic rings. The van der Waals surface area contributed by atoms with Crippen LogP contribution in [0.4, 0.5) is 5.13 Å². The van der Waals surface area contributed by atoms with Gasteiger partial charge in [0.05, 0.1) is 22.2 Å². The highest BCUT2D eigenvalue weighted by atomic mass is 35.5. The van der Waals surface area contributed by atoms with Crippen LogP contribution < -0.4 is 10.2 Å². The summed E-state index contributed by atoms with van der Waals surface area (Å²) in [6.45, 7) is 3.63. The number of aromatic nitrogens is 1. The number of rotatable bonds is 11. The maximum Gasteiger partial charge on any atom is 0.305 e. The monoisotopic (exact) mass is 567 g/mol. The maximum absolute atomic E-state index is 12.3.